The number of hydrogen-bond acceptors (Lipinski definition) is 8. The van der Waals surface area contributed by atoms with Gasteiger partial charge in [-0.25, -0.2) is 0 Å². The first-order chi connectivity index (χ1) is 12.1. The molecule has 8 heteroatoms. The molecule has 8 nitrogen and oxygen atoms in total. The maximum absolute atomic E-state index is 5.79. The van der Waals surface area contributed by atoms with Crippen LogP contribution in [-0.4, -0.2) is 77.1 Å². The number of nitrogens with zero attached hydrogens (tertiary/aromatic N) is 5. The molecule has 0 bridgehead atoms. The van der Waals surface area contributed by atoms with Crippen molar-refractivity contribution in [2.24, 2.45) is 0 Å². The van der Waals surface area contributed by atoms with Crippen LogP contribution in [0.1, 0.15) is 40.5 Å². The van der Waals surface area contributed by atoms with Crippen LogP contribution < -0.4 is 16.4 Å². The molecule has 144 valence electrons. The van der Waals surface area contributed by atoms with Crippen molar-refractivity contribution >= 4 is 17.8 Å². The summed E-state index contributed by atoms with van der Waals surface area (Å²) >= 11 is 0. The number of hydrogen-bond donors (Lipinski definition) is 3. The molecule has 0 radical (unpaired) electrons. The summed E-state index contributed by atoms with van der Waals surface area (Å²) in [6.07, 6.45) is 2.08. The van der Waals surface area contributed by atoms with Crippen molar-refractivity contribution in [3.8, 4) is 0 Å². The third-order valence-corrected chi connectivity index (χ3v) is 4.31. The maximum Gasteiger partial charge on any atom is 0.229 e. The van der Waals surface area contributed by atoms with Crippen molar-refractivity contribution in [1.29, 1.82) is 0 Å². The Balaban J connectivity index is 2.37. The number of nitrogens with two attached hydrogens (primary N) is 1. The van der Waals surface area contributed by atoms with Gasteiger partial charge in [0.15, 0.2) is 0 Å². The SMILES string of the molecule is CCN(CC)CCCNc1nc(N)nc(NCCCN(CC)CC)n1. The van der Waals surface area contributed by atoms with Gasteiger partial charge in [-0.1, -0.05) is 27.7 Å². The monoisotopic (exact) mass is 352 g/mol. The lowest BCUT2D eigenvalue weighted by Gasteiger charge is -2.18. The molecule has 0 unspecified atom stereocenters. The van der Waals surface area contributed by atoms with Crippen LogP contribution in [0.25, 0.3) is 0 Å². The summed E-state index contributed by atoms with van der Waals surface area (Å²) in [7, 11) is 0. The van der Waals surface area contributed by atoms with Crippen LogP contribution >= 0.6 is 0 Å². The van der Waals surface area contributed by atoms with Crippen molar-refractivity contribution in [3.63, 3.8) is 0 Å². The molecule has 0 atom stereocenters. The van der Waals surface area contributed by atoms with E-state index in [1.54, 1.807) is 0 Å². The van der Waals surface area contributed by atoms with Crippen LogP contribution in [0.4, 0.5) is 17.8 Å². The second-order valence-corrected chi connectivity index (χ2v) is 5.96. The minimum Gasteiger partial charge on any atom is -0.368 e. The van der Waals surface area contributed by atoms with Gasteiger partial charge in [-0.3, -0.25) is 0 Å². The summed E-state index contributed by atoms with van der Waals surface area (Å²) in [5.41, 5.74) is 5.79. The standard InChI is InChI=1S/C17H36N8/c1-5-24(6-2)13-9-11-19-16-21-15(18)22-17(23-16)20-12-10-14-25(7-3)8-4/h5-14H2,1-4H3,(H4,18,19,20,21,22,23). The fourth-order valence-corrected chi connectivity index (χ4v) is 2.64. The molecule has 1 heterocycles. The number of nitrogens with one attached hydrogen (secondary N) is 2. The highest BCUT2D eigenvalue weighted by Crippen LogP contribution is 2.07. The summed E-state index contributed by atoms with van der Waals surface area (Å²) in [4.78, 5) is 17.5. The molecule has 0 saturated carbocycles. The van der Waals surface area contributed by atoms with Crippen LogP contribution in [-0.2, 0) is 0 Å². The Kier molecular flexibility index (Phi) is 10.8. The van der Waals surface area contributed by atoms with Gasteiger partial charge in [-0.2, -0.15) is 15.0 Å². The van der Waals surface area contributed by atoms with E-state index in [0.717, 1.165) is 65.2 Å². The highest BCUT2D eigenvalue weighted by atomic mass is 15.2. The number of aromatic nitrogens is 3. The van der Waals surface area contributed by atoms with Gasteiger partial charge in [-0.15, -0.1) is 0 Å². The van der Waals surface area contributed by atoms with Gasteiger partial charge in [-0.05, 0) is 52.1 Å². The Labute approximate surface area is 152 Å². The molecule has 0 saturated heterocycles. The first-order valence-corrected chi connectivity index (χ1v) is 9.56. The first kappa shape index (κ1) is 21.4. The second kappa shape index (κ2) is 12.7. The lowest BCUT2D eigenvalue weighted by Crippen LogP contribution is -2.26. The quantitative estimate of drug-likeness (QED) is 0.436. The lowest BCUT2D eigenvalue weighted by atomic mass is 10.3. The summed E-state index contributed by atoms with van der Waals surface area (Å²) in [6, 6.07) is 0. The Morgan fingerprint density at radius 1 is 0.720 bits per heavy atom. The Bertz CT molecular complexity index is 422. The summed E-state index contributed by atoms with van der Waals surface area (Å²) < 4.78 is 0. The Morgan fingerprint density at radius 3 is 1.48 bits per heavy atom. The lowest BCUT2D eigenvalue weighted by molar-refractivity contribution is 0.303. The predicted molar refractivity (Wildman–Crippen MR) is 106 cm³/mol. The van der Waals surface area contributed by atoms with Gasteiger partial charge in [0.05, 0.1) is 0 Å². The van der Waals surface area contributed by atoms with Gasteiger partial charge >= 0.3 is 0 Å². The molecule has 1 aromatic rings. The molecule has 0 aliphatic rings. The Hall–Kier alpha value is -1.67. The molecular formula is C17H36N8. The first-order valence-electron chi connectivity index (χ1n) is 9.56. The molecule has 0 aromatic carbocycles. The number of nitrogen functional groups attached to an aromatic ring is 1. The van der Waals surface area contributed by atoms with E-state index in [1.807, 2.05) is 0 Å². The molecule has 0 aliphatic heterocycles. The van der Waals surface area contributed by atoms with E-state index in [9.17, 15) is 0 Å². The minimum absolute atomic E-state index is 0.243. The van der Waals surface area contributed by atoms with Gasteiger partial charge in [0.25, 0.3) is 0 Å². The van der Waals surface area contributed by atoms with E-state index < -0.39 is 0 Å². The van der Waals surface area contributed by atoms with Crippen molar-refractivity contribution in [2.75, 3.05) is 68.7 Å². The summed E-state index contributed by atoms with van der Waals surface area (Å²) in [6.45, 7) is 16.8. The molecule has 1 aromatic heterocycles. The predicted octanol–water partition coefficient (Wildman–Crippen LogP) is 1.74. The minimum atomic E-state index is 0.243. The van der Waals surface area contributed by atoms with Gasteiger partial charge in [0, 0.05) is 13.1 Å². The topological polar surface area (TPSA) is 95.2 Å². The molecule has 4 N–H and O–H groups in total. The molecule has 0 aliphatic carbocycles. The zero-order valence-corrected chi connectivity index (χ0v) is 16.4. The van der Waals surface area contributed by atoms with E-state index in [4.69, 9.17) is 5.73 Å². The molecule has 0 spiro atoms. The molecule has 1 rings (SSSR count). The fourth-order valence-electron chi connectivity index (χ4n) is 2.64. The van der Waals surface area contributed by atoms with Crippen molar-refractivity contribution < 1.29 is 0 Å². The van der Waals surface area contributed by atoms with Crippen molar-refractivity contribution in [2.45, 2.75) is 40.5 Å². The summed E-state index contributed by atoms with van der Waals surface area (Å²) in [5, 5.41) is 6.48. The van der Waals surface area contributed by atoms with Gasteiger partial charge in [0.1, 0.15) is 0 Å². The summed E-state index contributed by atoms with van der Waals surface area (Å²) in [5.74, 6) is 1.32. The average Bonchev–Trinajstić information content (AvgIpc) is 2.61. The van der Waals surface area contributed by atoms with Crippen LogP contribution in [0, 0.1) is 0 Å². The highest BCUT2D eigenvalue weighted by Gasteiger charge is 2.05. The zero-order chi connectivity index (χ0) is 18.5. The van der Waals surface area contributed by atoms with E-state index in [0.29, 0.717) is 11.9 Å². The van der Waals surface area contributed by atoms with Crippen LogP contribution in [0.15, 0.2) is 0 Å². The van der Waals surface area contributed by atoms with E-state index in [2.05, 4.69) is 63.1 Å². The number of anilines is 3. The van der Waals surface area contributed by atoms with Crippen LogP contribution in [0.2, 0.25) is 0 Å². The van der Waals surface area contributed by atoms with Gasteiger partial charge < -0.3 is 26.2 Å². The largest absolute Gasteiger partial charge is 0.368 e. The molecule has 0 fully saturated rings. The van der Waals surface area contributed by atoms with Crippen LogP contribution in [0.3, 0.4) is 0 Å². The number of rotatable bonds is 14. The maximum atomic E-state index is 5.79. The highest BCUT2D eigenvalue weighted by molar-refractivity contribution is 5.39. The Morgan fingerprint density at radius 2 is 1.12 bits per heavy atom. The van der Waals surface area contributed by atoms with Crippen molar-refractivity contribution in [1.82, 2.24) is 24.8 Å². The van der Waals surface area contributed by atoms with Crippen molar-refractivity contribution in [3.05, 3.63) is 0 Å². The second-order valence-electron chi connectivity index (χ2n) is 5.96. The van der Waals surface area contributed by atoms with E-state index >= 15 is 0 Å². The third kappa shape index (κ3) is 8.83. The smallest absolute Gasteiger partial charge is 0.229 e. The van der Waals surface area contributed by atoms with Gasteiger partial charge in [0.2, 0.25) is 17.8 Å². The van der Waals surface area contributed by atoms with E-state index in [-0.39, 0.29) is 5.95 Å². The molecule has 0 amide bonds. The molecule has 25 heavy (non-hydrogen) atoms. The van der Waals surface area contributed by atoms with Crippen LogP contribution in [0.5, 0.6) is 0 Å². The van der Waals surface area contributed by atoms with E-state index in [1.165, 1.54) is 0 Å². The fraction of sp³-hybridized carbons (Fsp3) is 0.824. The average molecular weight is 353 g/mol. The normalized spacial score (nSPS) is 11.3. The third-order valence-electron chi connectivity index (χ3n) is 4.31. The molecular weight excluding hydrogens is 316 g/mol. The zero-order valence-electron chi connectivity index (χ0n) is 16.4.